The van der Waals surface area contributed by atoms with E-state index < -0.39 is 0 Å². The number of ether oxygens (including phenoxy) is 1. The van der Waals surface area contributed by atoms with Crippen LogP contribution in [0.1, 0.15) is 35.1 Å². The van der Waals surface area contributed by atoms with E-state index in [0.717, 1.165) is 51.4 Å². The molecule has 0 aliphatic carbocycles. The Bertz CT molecular complexity index is 789. The van der Waals surface area contributed by atoms with Crippen molar-refractivity contribution in [1.82, 2.24) is 14.7 Å². The lowest BCUT2D eigenvalue weighted by Crippen LogP contribution is -2.46. The highest BCUT2D eigenvalue weighted by molar-refractivity contribution is 7.12. The second kappa shape index (κ2) is 7.90. The molecule has 2 fully saturated rings. The van der Waals surface area contributed by atoms with Crippen LogP contribution in [0.15, 0.2) is 29.2 Å². The Balaban J connectivity index is 1.31. The summed E-state index contributed by atoms with van der Waals surface area (Å²) in [6.07, 6.45) is 5.72. The van der Waals surface area contributed by atoms with Crippen LogP contribution in [-0.4, -0.2) is 47.5 Å². The van der Waals surface area contributed by atoms with Gasteiger partial charge in [0.1, 0.15) is 0 Å². The zero-order valence-electron chi connectivity index (χ0n) is 15.3. The van der Waals surface area contributed by atoms with Crippen molar-refractivity contribution >= 4 is 17.0 Å². The molecule has 2 aromatic heterocycles. The fourth-order valence-corrected chi connectivity index (χ4v) is 4.77. The van der Waals surface area contributed by atoms with Crippen molar-refractivity contribution in [1.29, 1.82) is 0 Å². The van der Waals surface area contributed by atoms with Crippen LogP contribution in [0.25, 0.3) is 0 Å². The molecule has 1 unspecified atom stereocenters. The molecule has 0 N–H and O–H groups in total. The summed E-state index contributed by atoms with van der Waals surface area (Å²) in [6.45, 7) is 5.76. The van der Waals surface area contributed by atoms with Crippen LogP contribution in [0.4, 0.5) is 5.69 Å². The van der Waals surface area contributed by atoms with Gasteiger partial charge in [-0.2, -0.15) is 5.10 Å². The molecule has 2 saturated heterocycles. The minimum atomic E-state index is -0.0547. The lowest BCUT2D eigenvalue weighted by molar-refractivity contribution is 0.0172. The number of nitrogens with zero attached hydrogens (tertiary/aromatic N) is 4. The minimum Gasteiger partial charge on any atom is -0.373 e. The topological polar surface area (TPSA) is 50.6 Å². The number of hydrogen-bond donors (Lipinski definition) is 0. The van der Waals surface area contributed by atoms with Gasteiger partial charge in [-0.25, -0.2) is 4.68 Å². The third-order valence-electron chi connectivity index (χ3n) is 5.25. The van der Waals surface area contributed by atoms with Gasteiger partial charge >= 0.3 is 0 Å². The van der Waals surface area contributed by atoms with Crippen LogP contribution < -0.4 is 10.5 Å². The normalized spacial score (nSPS) is 21.9. The lowest BCUT2D eigenvalue weighted by atomic mass is 10.1. The zero-order chi connectivity index (χ0) is 17.9. The maximum absolute atomic E-state index is 11.8. The Kier molecular flexibility index (Phi) is 5.38. The molecule has 6 nitrogen and oxygen atoms in total. The number of aromatic nitrogens is 2. The van der Waals surface area contributed by atoms with Gasteiger partial charge in [-0.15, -0.1) is 11.3 Å². The number of anilines is 1. The monoisotopic (exact) mass is 374 g/mol. The number of thiophene rings is 1. The van der Waals surface area contributed by atoms with Crippen LogP contribution in [0, 0.1) is 0 Å². The van der Waals surface area contributed by atoms with Gasteiger partial charge in [0, 0.05) is 62.2 Å². The standard InChI is InChI=1S/C19H26N4O2S/c1-21-19(24)12-15(13-20-21)23-9-7-22(8-10-23)14-16-5-6-18(26-16)17-4-2-3-11-25-17/h5-6,12-13,17H,2-4,7-11,14H2,1H3. The second-order valence-electron chi connectivity index (χ2n) is 7.10. The number of aryl methyl sites for hydroxylation is 1. The molecular weight excluding hydrogens is 348 g/mol. The van der Waals surface area contributed by atoms with Crippen molar-refractivity contribution in [2.24, 2.45) is 7.05 Å². The highest BCUT2D eigenvalue weighted by Crippen LogP contribution is 2.33. The summed E-state index contributed by atoms with van der Waals surface area (Å²) in [5.74, 6) is 0. The smallest absolute Gasteiger partial charge is 0.268 e. The van der Waals surface area contributed by atoms with Gasteiger partial charge in [-0.3, -0.25) is 9.69 Å². The first-order valence-corrected chi connectivity index (χ1v) is 10.2. The molecule has 0 aromatic carbocycles. The fourth-order valence-electron chi connectivity index (χ4n) is 3.63. The average molecular weight is 375 g/mol. The first-order valence-electron chi connectivity index (χ1n) is 9.40. The molecular formula is C19H26N4O2S. The third-order valence-corrected chi connectivity index (χ3v) is 6.41. The molecule has 2 aliphatic rings. The first-order chi connectivity index (χ1) is 12.7. The molecule has 0 amide bonds. The zero-order valence-corrected chi connectivity index (χ0v) is 16.1. The van der Waals surface area contributed by atoms with Crippen LogP contribution in [0.5, 0.6) is 0 Å². The Morgan fingerprint density at radius 1 is 1.23 bits per heavy atom. The average Bonchev–Trinajstić information content (AvgIpc) is 3.14. The Morgan fingerprint density at radius 3 is 2.81 bits per heavy atom. The minimum absolute atomic E-state index is 0.0547. The summed E-state index contributed by atoms with van der Waals surface area (Å²) in [5.41, 5.74) is 0.876. The molecule has 4 rings (SSSR count). The van der Waals surface area contributed by atoms with Gasteiger partial charge in [0.2, 0.25) is 0 Å². The van der Waals surface area contributed by atoms with E-state index in [1.54, 1.807) is 19.3 Å². The van der Waals surface area contributed by atoms with E-state index in [1.807, 2.05) is 11.3 Å². The van der Waals surface area contributed by atoms with Gasteiger partial charge in [0.15, 0.2) is 0 Å². The van der Waals surface area contributed by atoms with Gasteiger partial charge < -0.3 is 9.64 Å². The van der Waals surface area contributed by atoms with Gasteiger partial charge in [-0.1, -0.05) is 0 Å². The van der Waals surface area contributed by atoms with Crippen LogP contribution >= 0.6 is 11.3 Å². The predicted molar refractivity (Wildman–Crippen MR) is 104 cm³/mol. The second-order valence-corrected chi connectivity index (χ2v) is 8.30. The number of rotatable bonds is 4. The van der Waals surface area contributed by atoms with Crippen LogP contribution in [0.3, 0.4) is 0 Å². The van der Waals surface area contributed by atoms with Gasteiger partial charge in [0.05, 0.1) is 18.0 Å². The summed E-state index contributed by atoms with van der Waals surface area (Å²) in [7, 11) is 1.68. The van der Waals surface area contributed by atoms with Crippen molar-refractivity contribution in [3.8, 4) is 0 Å². The fraction of sp³-hybridized carbons (Fsp3) is 0.579. The highest BCUT2D eigenvalue weighted by atomic mass is 32.1. The van der Waals surface area contributed by atoms with E-state index in [-0.39, 0.29) is 5.56 Å². The van der Waals surface area contributed by atoms with Crippen LogP contribution in [0.2, 0.25) is 0 Å². The molecule has 7 heteroatoms. The molecule has 2 aliphatic heterocycles. The van der Waals surface area contributed by atoms with E-state index in [2.05, 4.69) is 27.0 Å². The van der Waals surface area contributed by atoms with E-state index >= 15 is 0 Å². The maximum atomic E-state index is 11.8. The van der Waals surface area contributed by atoms with Crippen LogP contribution in [-0.2, 0) is 18.3 Å². The molecule has 0 bridgehead atoms. The molecule has 1 atom stereocenters. The Hall–Kier alpha value is -1.70. The number of hydrogen-bond acceptors (Lipinski definition) is 6. The summed E-state index contributed by atoms with van der Waals surface area (Å²) in [5, 5.41) is 4.13. The molecule has 26 heavy (non-hydrogen) atoms. The van der Waals surface area contributed by atoms with E-state index in [9.17, 15) is 4.79 Å². The first kappa shape index (κ1) is 17.7. The largest absolute Gasteiger partial charge is 0.373 e. The van der Waals surface area contributed by atoms with Crippen molar-refractivity contribution in [2.45, 2.75) is 31.9 Å². The molecule has 140 valence electrons. The third kappa shape index (κ3) is 4.00. The SMILES string of the molecule is Cn1ncc(N2CCN(Cc3ccc(C4CCCCO4)s3)CC2)cc1=O. The van der Waals surface area contributed by atoms with E-state index in [0.29, 0.717) is 6.10 Å². The molecule has 4 heterocycles. The van der Waals surface area contributed by atoms with Crippen molar-refractivity contribution in [3.63, 3.8) is 0 Å². The summed E-state index contributed by atoms with van der Waals surface area (Å²) >= 11 is 1.90. The van der Waals surface area contributed by atoms with Gasteiger partial charge in [-0.05, 0) is 31.4 Å². The Labute approximate surface area is 158 Å². The van der Waals surface area contributed by atoms with Crippen molar-refractivity contribution in [2.75, 3.05) is 37.7 Å². The quantitative estimate of drug-likeness (QED) is 0.823. The molecule has 2 aromatic rings. The molecule has 0 radical (unpaired) electrons. The highest BCUT2D eigenvalue weighted by Gasteiger charge is 2.21. The van der Waals surface area contributed by atoms with Gasteiger partial charge in [0.25, 0.3) is 5.56 Å². The molecule has 0 saturated carbocycles. The van der Waals surface area contributed by atoms with E-state index in [1.165, 1.54) is 27.3 Å². The van der Waals surface area contributed by atoms with Crippen molar-refractivity contribution in [3.05, 3.63) is 44.5 Å². The van der Waals surface area contributed by atoms with Crippen molar-refractivity contribution < 1.29 is 4.74 Å². The Morgan fingerprint density at radius 2 is 2.08 bits per heavy atom. The predicted octanol–water partition coefficient (Wildman–Crippen LogP) is 2.41. The summed E-state index contributed by atoms with van der Waals surface area (Å²) in [6, 6.07) is 6.19. The molecule has 0 spiro atoms. The number of piperazine rings is 1. The summed E-state index contributed by atoms with van der Waals surface area (Å²) < 4.78 is 7.27. The lowest BCUT2D eigenvalue weighted by Gasteiger charge is -2.35. The summed E-state index contributed by atoms with van der Waals surface area (Å²) in [4.78, 5) is 19.3. The van der Waals surface area contributed by atoms with E-state index in [4.69, 9.17) is 4.74 Å². The maximum Gasteiger partial charge on any atom is 0.268 e.